The highest BCUT2D eigenvalue weighted by atomic mass is 15.2. The molecule has 84 valence electrons. The SMILES string of the molecule is CC(C)(N)CC(C)(C)N1CCCCC1. The van der Waals surface area contributed by atoms with Gasteiger partial charge in [0, 0.05) is 11.1 Å². The van der Waals surface area contributed by atoms with Gasteiger partial charge in [-0.15, -0.1) is 0 Å². The van der Waals surface area contributed by atoms with Gasteiger partial charge >= 0.3 is 0 Å². The first-order valence-electron chi connectivity index (χ1n) is 5.85. The predicted molar refractivity (Wildman–Crippen MR) is 62.4 cm³/mol. The van der Waals surface area contributed by atoms with Crippen molar-refractivity contribution in [3.63, 3.8) is 0 Å². The molecule has 1 heterocycles. The Kier molecular flexibility index (Phi) is 3.59. The van der Waals surface area contributed by atoms with E-state index in [1.807, 2.05) is 0 Å². The molecule has 14 heavy (non-hydrogen) atoms. The van der Waals surface area contributed by atoms with Crippen molar-refractivity contribution in [2.24, 2.45) is 5.73 Å². The van der Waals surface area contributed by atoms with Gasteiger partial charge in [-0.25, -0.2) is 0 Å². The number of likely N-dealkylation sites (tertiary alicyclic amines) is 1. The fourth-order valence-corrected chi connectivity index (χ4v) is 2.73. The summed E-state index contributed by atoms with van der Waals surface area (Å²) in [7, 11) is 0. The molecule has 0 amide bonds. The lowest BCUT2D eigenvalue weighted by atomic mass is 9.85. The molecule has 1 saturated heterocycles. The Hall–Kier alpha value is -0.0800. The Balaban J connectivity index is 2.54. The minimum absolute atomic E-state index is 0.0546. The van der Waals surface area contributed by atoms with Crippen LogP contribution in [0, 0.1) is 0 Å². The van der Waals surface area contributed by atoms with E-state index in [1.54, 1.807) is 0 Å². The zero-order valence-corrected chi connectivity index (χ0v) is 10.3. The van der Waals surface area contributed by atoms with Crippen molar-refractivity contribution >= 4 is 0 Å². The summed E-state index contributed by atoms with van der Waals surface area (Å²) in [5.41, 5.74) is 6.31. The van der Waals surface area contributed by atoms with Gasteiger partial charge in [0.05, 0.1) is 0 Å². The number of piperidine rings is 1. The third kappa shape index (κ3) is 3.58. The number of nitrogens with zero attached hydrogens (tertiary/aromatic N) is 1. The molecule has 0 atom stereocenters. The normalized spacial score (nSPS) is 21.2. The summed E-state index contributed by atoms with van der Waals surface area (Å²) in [6.07, 6.45) is 5.18. The highest BCUT2D eigenvalue weighted by Gasteiger charge is 2.32. The van der Waals surface area contributed by atoms with Crippen molar-refractivity contribution in [3.8, 4) is 0 Å². The monoisotopic (exact) mass is 198 g/mol. The molecule has 0 radical (unpaired) electrons. The topological polar surface area (TPSA) is 29.3 Å². The van der Waals surface area contributed by atoms with Crippen LogP contribution in [0.1, 0.15) is 53.4 Å². The van der Waals surface area contributed by atoms with E-state index in [4.69, 9.17) is 5.73 Å². The molecule has 1 aliphatic rings. The van der Waals surface area contributed by atoms with Gasteiger partial charge in [-0.05, 0) is 60.0 Å². The third-order valence-corrected chi connectivity index (χ3v) is 3.10. The number of hydrogen-bond acceptors (Lipinski definition) is 2. The summed E-state index contributed by atoms with van der Waals surface area (Å²) in [6, 6.07) is 0. The van der Waals surface area contributed by atoms with Gasteiger partial charge in [-0.2, -0.15) is 0 Å². The van der Waals surface area contributed by atoms with Crippen LogP contribution in [0.15, 0.2) is 0 Å². The molecule has 0 aromatic heterocycles. The molecule has 0 bridgehead atoms. The van der Waals surface area contributed by atoms with Gasteiger partial charge in [-0.3, -0.25) is 4.90 Å². The largest absolute Gasteiger partial charge is 0.325 e. The summed E-state index contributed by atoms with van der Waals surface area (Å²) < 4.78 is 0. The smallest absolute Gasteiger partial charge is 0.0170 e. The molecule has 1 aliphatic heterocycles. The van der Waals surface area contributed by atoms with Crippen molar-refractivity contribution in [3.05, 3.63) is 0 Å². The quantitative estimate of drug-likeness (QED) is 0.754. The van der Waals surface area contributed by atoms with Gasteiger partial charge in [0.15, 0.2) is 0 Å². The van der Waals surface area contributed by atoms with Gasteiger partial charge in [-0.1, -0.05) is 6.42 Å². The van der Waals surface area contributed by atoms with E-state index in [2.05, 4.69) is 32.6 Å². The first-order valence-corrected chi connectivity index (χ1v) is 5.85. The average Bonchev–Trinajstić information content (AvgIpc) is 2.01. The van der Waals surface area contributed by atoms with Crippen molar-refractivity contribution in [1.82, 2.24) is 4.90 Å². The van der Waals surface area contributed by atoms with Crippen molar-refractivity contribution in [2.45, 2.75) is 64.5 Å². The molecule has 0 spiro atoms. The van der Waals surface area contributed by atoms with Crippen LogP contribution in [0.5, 0.6) is 0 Å². The number of rotatable bonds is 3. The molecule has 2 nitrogen and oxygen atoms in total. The van der Waals surface area contributed by atoms with Crippen LogP contribution in [0.4, 0.5) is 0 Å². The maximum absolute atomic E-state index is 6.10. The molecule has 1 rings (SSSR count). The first-order chi connectivity index (χ1) is 6.31. The summed E-state index contributed by atoms with van der Waals surface area (Å²) in [6.45, 7) is 11.4. The first kappa shape index (κ1) is 12.0. The maximum atomic E-state index is 6.10. The maximum Gasteiger partial charge on any atom is 0.0170 e. The number of hydrogen-bond donors (Lipinski definition) is 1. The molecule has 1 fully saturated rings. The molecule has 2 N–H and O–H groups in total. The summed E-state index contributed by atoms with van der Waals surface area (Å²) in [5, 5.41) is 0. The molecule has 0 saturated carbocycles. The molecular weight excluding hydrogens is 172 g/mol. The van der Waals surface area contributed by atoms with Crippen LogP contribution in [-0.2, 0) is 0 Å². The second-order valence-electron chi connectivity index (χ2n) is 6.03. The number of nitrogens with two attached hydrogens (primary N) is 1. The lowest BCUT2D eigenvalue weighted by molar-refractivity contribution is 0.0721. The highest BCUT2D eigenvalue weighted by molar-refractivity contribution is 4.90. The second kappa shape index (κ2) is 4.19. The van der Waals surface area contributed by atoms with E-state index in [9.17, 15) is 0 Å². The van der Waals surface area contributed by atoms with E-state index in [0.29, 0.717) is 0 Å². The minimum atomic E-state index is -0.0546. The van der Waals surface area contributed by atoms with Crippen LogP contribution >= 0.6 is 0 Å². The van der Waals surface area contributed by atoms with Crippen molar-refractivity contribution < 1.29 is 0 Å². The lowest BCUT2D eigenvalue weighted by Gasteiger charge is -2.44. The Morgan fingerprint density at radius 3 is 1.93 bits per heavy atom. The molecule has 0 unspecified atom stereocenters. The van der Waals surface area contributed by atoms with Crippen LogP contribution in [0.2, 0.25) is 0 Å². The van der Waals surface area contributed by atoms with E-state index in [-0.39, 0.29) is 11.1 Å². The predicted octanol–water partition coefficient (Wildman–Crippen LogP) is 2.38. The Labute approximate surface area is 88.8 Å². The Morgan fingerprint density at radius 2 is 1.50 bits per heavy atom. The van der Waals surface area contributed by atoms with Gasteiger partial charge in [0.2, 0.25) is 0 Å². The van der Waals surface area contributed by atoms with E-state index in [0.717, 1.165) is 6.42 Å². The molecular formula is C12H26N2. The van der Waals surface area contributed by atoms with Crippen LogP contribution in [0.3, 0.4) is 0 Å². The van der Waals surface area contributed by atoms with Crippen molar-refractivity contribution in [1.29, 1.82) is 0 Å². The van der Waals surface area contributed by atoms with E-state index < -0.39 is 0 Å². The van der Waals surface area contributed by atoms with E-state index in [1.165, 1.54) is 32.4 Å². The summed E-state index contributed by atoms with van der Waals surface area (Å²) in [4.78, 5) is 2.60. The minimum Gasteiger partial charge on any atom is -0.325 e. The molecule has 0 aromatic rings. The zero-order valence-electron chi connectivity index (χ0n) is 10.3. The van der Waals surface area contributed by atoms with Crippen molar-refractivity contribution in [2.75, 3.05) is 13.1 Å². The molecule has 0 aromatic carbocycles. The molecule has 2 heteroatoms. The second-order valence-corrected chi connectivity index (χ2v) is 6.03. The van der Waals surface area contributed by atoms with E-state index >= 15 is 0 Å². The van der Waals surface area contributed by atoms with Gasteiger partial charge in [0.1, 0.15) is 0 Å². The van der Waals surface area contributed by atoms with Crippen LogP contribution in [-0.4, -0.2) is 29.1 Å². The highest BCUT2D eigenvalue weighted by Crippen LogP contribution is 2.27. The van der Waals surface area contributed by atoms with Gasteiger partial charge in [0.25, 0.3) is 0 Å². The fraction of sp³-hybridized carbons (Fsp3) is 1.00. The summed E-state index contributed by atoms with van der Waals surface area (Å²) in [5.74, 6) is 0. The van der Waals surface area contributed by atoms with Crippen LogP contribution < -0.4 is 5.73 Å². The summed E-state index contributed by atoms with van der Waals surface area (Å²) >= 11 is 0. The average molecular weight is 198 g/mol. The molecule has 0 aliphatic carbocycles. The fourth-order valence-electron chi connectivity index (χ4n) is 2.73. The third-order valence-electron chi connectivity index (χ3n) is 3.10. The lowest BCUT2D eigenvalue weighted by Crippen LogP contribution is -2.52. The van der Waals surface area contributed by atoms with Crippen LogP contribution in [0.25, 0.3) is 0 Å². The Morgan fingerprint density at radius 1 is 1.00 bits per heavy atom. The Bertz CT molecular complexity index is 173. The van der Waals surface area contributed by atoms with Gasteiger partial charge < -0.3 is 5.73 Å². The standard InChI is InChI=1S/C12H26N2/c1-11(2,13)10-12(3,4)14-8-6-5-7-9-14/h5-10,13H2,1-4H3. The zero-order chi connectivity index (χ0) is 10.8.